The number of methoxy groups -OCH3 is 1. The van der Waals surface area contributed by atoms with Gasteiger partial charge in [-0.25, -0.2) is 4.79 Å². The molecule has 0 saturated carbocycles. The molecule has 1 aliphatic heterocycles. The van der Waals surface area contributed by atoms with Gasteiger partial charge in [0.05, 0.1) is 32.0 Å². The summed E-state index contributed by atoms with van der Waals surface area (Å²) in [6.07, 6.45) is -0.386. The molecule has 2 N–H and O–H groups in total. The van der Waals surface area contributed by atoms with E-state index in [9.17, 15) is 4.79 Å². The quantitative estimate of drug-likeness (QED) is 0.781. The van der Waals surface area contributed by atoms with Gasteiger partial charge in [0.1, 0.15) is 5.75 Å². The molecular formula is C11H14N2O3. The Labute approximate surface area is 93.6 Å². The minimum atomic E-state index is -0.386. The minimum Gasteiger partial charge on any atom is -0.495 e. The minimum absolute atomic E-state index is 0.213. The number of aliphatic hydroxyl groups is 1. The lowest BCUT2D eigenvalue weighted by atomic mass is 10.2. The Balaban J connectivity index is 2.00. The third-order valence-corrected chi connectivity index (χ3v) is 2.50. The molecule has 0 aromatic heterocycles. The summed E-state index contributed by atoms with van der Waals surface area (Å²) in [6, 6.07) is 6.99. The summed E-state index contributed by atoms with van der Waals surface area (Å²) in [5, 5.41) is 11.8. The monoisotopic (exact) mass is 222 g/mol. The third kappa shape index (κ3) is 2.09. The predicted octanol–water partition coefficient (Wildman–Crippen LogP) is 0.904. The number of rotatable bonds is 2. The highest BCUT2D eigenvalue weighted by molar-refractivity contribution is 5.91. The zero-order chi connectivity index (χ0) is 11.5. The predicted molar refractivity (Wildman–Crippen MR) is 59.6 cm³/mol. The average Bonchev–Trinajstić information content (AvgIpc) is 2.25. The number of benzene rings is 1. The molecular weight excluding hydrogens is 208 g/mol. The molecule has 2 amide bonds. The number of hydrogen-bond acceptors (Lipinski definition) is 3. The second kappa shape index (κ2) is 4.40. The number of β-amino-alcohol motifs (C(OH)–C–C–N with tert-alkyl or cyclic N) is 1. The molecule has 1 aliphatic rings. The molecule has 86 valence electrons. The molecule has 5 heteroatoms. The van der Waals surface area contributed by atoms with Crippen LogP contribution in [0.4, 0.5) is 10.5 Å². The molecule has 0 atom stereocenters. The van der Waals surface area contributed by atoms with E-state index < -0.39 is 0 Å². The van der Waals surface area contributed by atoms with Crippen molar-refractivity contribution < 1.29 is 14.6 Å². The average molecular weight is 222 g/mol. The Kier molecular flexibility index (Phi) is 2.96. The first-order chi connectivity index (χ1) is 7.70. The summed E-state index contributed by atoms with van der Waals surface area (Å²) in [7, 11) is 1.55. The van der Waals surface area contributed by atoms with Crippen molar-refractivity contribution in [3.05, 3.63) is 24.3 Å². The van der Waals surface area contributed by atoms with Gasteiger partial charge < -0.3 is 20.1 Å². The normalized spacial score (nSPS) is 15.5. The fraction of sp³-hybridized carbons (Fsp3) is 0.364. The van der Waals surface area contributed by atoms with Crippen molar-refractivity contribution in [1.29, 1.82) is 0 Å². The van der Waals surface area contributed by atoms with Gasteiger partial charge in [-0.2, -0.15) is 0 Å². The Morgan fingerprint density at radius 1 is 1.50 bits per heavy atom. The molecule has 2 rings (SSSR count). The number of nitrogens with one attached hydrogen (secondary N) is 1. The van der Waals surface area contributed by atoms with Gasteiger partial charge in [-0.05, 0) is 12.1 Å². The first-order valence-corrected chi connectivity index (χ1v) is 5.07. The van der Waals surface area contributed by atoms with E-state index >= 15 is 0 Å². The number of hydrogen-bond donors (Lipinski definition) is 2. The van der Waals surface area contributed by atoms with E-state index in [1.165, 1.54) is 4.90 Å². The van der Waals surface area contributed by atoms with Crippen molar-refractivity contribution in [2.75, 3.05) is 25.5 Å². The fourth-order valence-corrected chi connectivity index (χ4v) is 1.56. The summed E-state index contributed by atoms with van der Waals surface area (Å²) in [5.74, 6) is 0.622. The van der Waals surface area contributed by atoms with E-state index in [2.05, 4.69) is 5.32 Å². The van der Waals surface area contributed by atoms with Crippen LogP contribution in [0.3, 0.4) is 0 Å². The molecule has 0 bridgehead atoms. The van der Waals surface area contributed by atoms with Gasteiger partial charge in [-0.3, -0.25) is 0 Å². The van der Waals surface area contributed by atoms with E-state index in [1.807, 2.05) is 12.1 Å². The zero-order valence-electron chi connectivity index (χ0n) is 9.01. The molecule has 5 nitrogen and oxygen atoms in total. The van der Waals surface area contributed by atoms with Gasteiger partial charge in [-0.15, -0.1) is 0 Å². The molecule has 1 fully saturated rings. The van der Waals surface area contributed by atoms with Crippen LogP contribution in [0.25, 0.3) is 0 Å². The van der Waals surface area contributed by atoms with Crippen molar-refractivity contribution in [1.82, 2.24) is 4.90 Å². The highest BCUT2D eigenvalue weighted by Gasteiger charge is 2.28. The van der Waals surface area contributed by atoms with Crippen LogP contribution in [-0.2, 0) is 0 Å². The SMILES string of the molecule is COc1ccccc1NC(=O)N1CC(O)C1. The van der Waals surface area contributed by atoms with Gasteiger partial charge >= 0.3 is 6.03 Å². The number of para-hydroxylation sites is 2. The maximum absolute atomic E-state index is 11.7. The molecule has 16 heavy (non-hydrogen) atoms. The highest BCUT2D eigenvalue weighted by Crippen LogP contribution is 2.23. The van der Waals surface area contributed by atoms with Gasteiger partial charge in [0, 0.05) is 0 Å². The highest BCUT2D eigenvalue weighted by atomic mass is 16.5. The van der Waals surface area contributed by atoms with Crippen molar-refractivity contribution >= 4 is 11.7 Å². The number of aliphatic hydroxyl groups excluding tert-OH is 1. The molecule has 1 aromatic carbocycles. The van der Waals surface area contributed by atoms with E-state index in [4.69, 9.17) is 9.84 Å². The molecule has 1 aromatic rings. The number of amides is 2. The largest absolute Gasteiger partial charge is 0.495 e. The number of urea groups is 1. The Hall–Kier alpha value is -1.75. The summed E-state index contributed by atoms with van der Waals surface area (Å²) >= 11 is 0. The summed E-state index contributed by atoms with van der Waals surface area (Å²) in [6.45, 7) is 0.780. The van der Waals surface area contributed by atoms with Crippen LogP contribution in [0.2, 0.25) is 0 Å². The maximum Gasteiger partial charge on any atom is 0.322 e. The zero-order valence-corrected chi connectivity index (χ0v) is 9.01. The second-order valence-corrected chi connectivity index (χ2v) is 3.69. The van der Waals surface area contributed by atoms with Crippen molar-refractivity contribution in [2.24, 2.45) is 0 Å². The van der Waals surface area contributed by atoms with Crippen molar-refractivity contribution in [2.45, 2.75) is 6.10 Å². The number of anilines is 1. The Morgan fingerprint density at radius 2 is 2.19 bits per heavy atom. The van der Waals surface area contributed by atoms with Crippen LogP contribution in [-0.4, -0.2) is 42.3 Å². The van der Waals surface area contributed by atoms with Crippen molar-refractivity contribution in [3.63, 3.8) is 0 Å². The van der Waals surface area contributed by atoms with E-state index in [0.717, 1.165) is 0 Å². The number of carbonyl (C=O) groups excluding carboxylic acids is 1. The molecule has 0 spiro atoms. The lowest BCUT2D eigenvalue weighted by Crippen LogP contribution is -2.54. The molecule has 0 aliphatic carbocycles. The van der Waals surface area contributed by atoms with Gasteiger partial charge in [0.2, 0.25) is 0 Å². The lowest BCUT2D eigenvalue weighted by Gasteiger charge is -2.35. The molecule has 0 radical (unpaired) electrons. The maximum atomic E-state index is 11.7. The molecule has 1 saturated heterocycles. The lowest BCUT2D eigenvalue weighted by molar-refractivity contribution is 0.0308. The first-order valence-electron chi connectivity index (χ1n) is 5.07. The van der Waals surface area contributed by atoms with Crippen LogP contribution < -0.4 is 10.1 Å². The van der Waals surface area contributed by atoms with Gasteiger partial charge in [0.25, 0.3) is 0 Å². The number of carbonyl (C=O) groups is 1. The van der Waals surface area contributed by atoms with E-state index in [1.54, 1.807) is 19.2 Å². The van der Waals surface area contributed by atoms with E-state index in [0.29, 0.717) is 24.5 Å². The molecule has 1 heterocycles. The van der Waals surface area contributed by atoms with Crippen LogP contribution in [0.15, 0.2) is 24.3 Å². The van der Waals surface area contributed by atoms with Crippen LogP contribution in [0.1, 0.15) is 0 Å². The Morgan fingerprint density at radius 3 is 2.81 bits per heavy atom. The summed E-state index contributed by atoms with van der Waals surface area (Å²) in [4.78, 5) is 13.2. The smallest absolute Gasteiger partial charge is 0.322 e. The van der Waals surface area contributed by atoms with Crippen LogP contribution in [0, 0.1) is 0 Å². The second-order valence-electron chi connectivity index (χ2n) is 3.69. The Bertz CT molecular complexity index is 389. The standard InChI is InChI=1S/C11H14N2O3/c1-16-10-5-3-2-4-9(10)12-11(15)13-6-8(14)7-13/h2-5,8,14H,6-7H2,1H3,(H,12,15). The fourth-order valence-electron chi connectivity index (χ4n) is 1.56. The van der Waals surface area contributed by atoms with Crippen LogP contribution >= 0.6 is 0 Å². The van der Waals surface area contributed by atoms with Crippen molar-refractivity contribution in [3.8, 4) is 5.75 Å². The third-order valence-electron chi connectivity index (χ3n) is 2.50. The first kappa shape index (κ1) is 10.8. The summed E-state index contributed by atoms with van der Waals surface area (Å²) < 4.78 is 5.12. The number of nitrogens with zero attached hydrogens (tertiary/aromatic N) is 1. The summed E-state index contributed by atoms with van der Waals surface area (Å²) in [5.41, 5.74) is 0.636. The number of likely N-dealkylation sites (tertiary alicyclic amines) is 1. The van der Waals surface area contributed by atoms with Crippen LogP contribution in [0.5, 0.6) is 5.75 Å². The van der Waals surface area contributed by atoms with E-state index in [-0.39, 0.29) is 12.1 Å². The molecule has 0 unspecified atom stereocenters. The number of ether oxygens (including phenoxy) is 1. The topological polar surface area (TPSA) is 61.8 Å². The van der Waals surface area contributed by atoms with Gasteiger partial charge in [-0.1, -0.05) is 12.1 Å². The van der Waals surface area contributed by atoms with Gasteiger partial charge in [0.15, 0.2) is 0 Å².